The van der Waals surface area contributed by atoms with Gasteiger partial charge < -0.3 is 50.1 Å². The molecular weight excluding hydrogens is 422 g/mol. The molecule has 2 aliphatic rings. The molecule has 8 N–H and O–H groups in total. The van der Waals surface area contributed by atoms with Crippen molar-refractivity contribution < 1.29 is 50.1 Å². The van der Waals surface area contributed by atoms with Crippen LogP contribution in [0.25, 0.3) is 11.2 Å². The van der Waals surface area contributed by atoms with Gasteiger partial charge >= 0.3 is 0 Å². The molecule has 0 saturated carbocycles. The molecule has 4 rings (SSSR count). The van der Waals surface area contributed by atoms with Gasteiger partial charge in [-0.2, -0.15) is 4.73 Å². The van der Waals surface area contributed by atoms with E-state index >= 15 is 0 Å². The largest absolute Gasteiger partial charge is 0.425 e. The molecule has 31 heavy (non-hydrogen) atoms. The maximum atomic E-state index is 10.4. The first-order chi connectivity index (χ1) is 14.7. The van der Waals surface area contributed by atoms with Crippen LogP contribution in [0.4, 0.5) is 0 Å². The van der Waals surface area contributed by atoms with E-state index in [1.807, 2.05) is 0 Å². The van der Waals surface area contributed by atoms with Gasteiger partial charge in [0.25, 0.3) is 0 Å². The predicted octanol–water partition coefficient (Wildman–Crippen LogP) is -4.61. The second-order valence-electron chi connectivity index (χ2n) is 7.34. The molecule has 4 heterocycles. The Morgan fingerprint density at radius 2 is 1.65 bits per heavy atom. The molecule has 0 amide bonds. The van der Waals surface area contributed by atoms with Crippen LogP contribution in [0.1, 0.15) is 6.23 Å². The quantitative estimate of drug-likeness (QED) is 0.203. The van der Waals surface area contributed by atoms with Gasteiger partial charge in [-0.05, 0) is 0 Å². The number of aromatic nitrogens is 4. The van der Waals surface area contributed by atoms with Gasteiger partial charge in [0.15, 0.2) is 29.2 Å². The molecule has 15 heteroatoms. The van der Waals surface area contributed by atoms with Crippen LogP contribution in [0, 0.1) is 5.41 Å². The number of nitrogens with zero attached hydrogens (tertiary/aromatic N) is 4. The molecule has 0 bridgehead atoms. The summed E-state index contributed by atoms with van der Waals surface area (Å²) in [5, 5.41) is 77.0. The molecule has 0 radical (unpaired) electrons. The highest BCUT2D eigenvalue weighted by molar-refractivity contribution is 5.68. The van der Waals surface area contributed by atoms with E-state index in [0.717, 1.165) is 6.33 Å². The molecular formula is C16H23N5O10. The second-order valence-corrected chi connectivity index (χ2v) is 7.34. The Kier molecular flexibility index (Phi) is 5.95. The predicted molar refractivity (Wildman–Crippen MR) is 94.2 cm³/mol. The van der Waals surface area contributed by atoms with Crippen molar-refractivity contribution in [3.63, 3.8) is 0 Å². The number of aliphatic hydroxyl groups is 6. The van der Waals surface area contributed by atoms with Crippen LogP contribution < -0.4 is 5.49 Å². The summed E-state index contributed by atoms with van der Waals surface area (Å²) in [5.41, 5.74) is -0.169. The molecule has 1 unspecified atom stereocenters. The topological polar surface area (TPSA) is 229 Å². The highest BCUT2D eigenvalue weighted by atomic mass is 16.7. The van der Waals surface area contributed by atoms with Crippen LogP contribution in [-0.2, 0) is 14.2 Å². The fraction of sp³-hybridized carbons (Fsp3) is 0.688. The van der Waals surface area contributed by atoms with E-state index < -0.39 is 61.9 Å². The molecule has 0 spiro atoms. The minimum Gasteiger partial charge on any atom is -0.425 e. The summed E-state index contributed by atoms with van der Waals surface area (Å²) in [6, 6.07) is 0. The van der Waals surface area contributed by atoms with Gasteiger partial charge in [-0.15, -0.1) is 0 Å². The summed E-state index contributed by atoms with van der Waals surface area (Å²) in [6.07, 6.45) is -10.3. The maximum absolute atomic E-state index is 10.4. The zero-order chi connectivity index (χ0) is 22.4. The first kappa shape index (κ1) is 22.0. The highest BCUT2D eigenvalue weighted by Gasteiger charge is 2.47. The Hall–Kier alpha value is -2.21. The molecule has 2 aromatic rings. The highest BCUT2D eigenvalue weighted by Crippen LogP contribution is 2.32. The average Bonchev–Trinajstić information content (AvgIpc) is 3.30. The van der Waals surface area contributed by atoms with Crippen LogP contribution >= 0.6 is 0 Å². The van der Waals surface area contributed by atoms with Crippen molar-refractivity contribution >= 4 is 11.2 Å². The summed E-state index contributed by atoms with van der Waals surface area (Å²) < 4.78 is 18.0. The van der Waals surface area contributed by atoms with Crippen molar-refractivity contribution in [1.82, 2.24) is 19.3 Å². The van der Waals surface area contributed by atoms with Crippen LogP contribution in [0.5, 0.6) is 0 Å². The summed E-state index contributed by atoms with van der Waals surface area (Å²) in [7, 11) is 0. The van der Waals surface area contributed by atoms with Gasteiger partial charge in [0.1, 0.15) is 49.1 Å². The zero-order valence-electron chi connectivity index (χ0n) is 15.9. The van der Waals surface area contributed by atoms with Gasteiger partial charge in [-0.3, -0.25) is 9.98 Å². The Morgan fingerprint density at radius 3 is 2.35 bits per heavy atom. The number of nitrogens with one attached hydrogen (secondary N) is 1. The van der Waals surface area contributed by atoms with E-state index in [4.69, 9.17) is 19.6 Å². The van der Waals surface area contributed by atoms with Crippen molar-refractivity contribution in [3.05, 3.63) is 18.1 Å². The van der Waals surface area contributed by atoms with Crippen molar-refractivity contribution in [2.24, 2.45) is 0 Å². The SMILES string of the molecule is N=c1c2ncn([C@@H]3O[C@H](COC4O[C@H](CO)[C@@H](O)[C@H](O)[C@H]4O)[C@@H](O)[C@H]3O)c2ncn1O. The van der Waals surface area contributed by atoms with Gasteiger partial charge in [0, 0.05) is 0 Å². The lowest BCUT2D eigenvalue weighted by atomic mass is 9.99. The lowest BCUT2D eigenvalue weighted by molar-refractivity contribution is -0.306. The van der Waals surface area contributed by atoms with Crippen LogP contribution in [-0.4, -0.2) is 117 Å². The fourth-order valence-corrected chi connectivity index (χ4v) is 3.60. The molecule has 2 fully saturated rings. The van der Waals surface area contributed by atoms with Crippen LogP contribution in [0.3, 0.4) is 0 Å². The summed E-state index contributed by atoms with van der Waals surface area (Å²) >= 11 is 0. The third-order valence-electron chi connectivity index (χ3n) is 5.39. The zero-order valence-corrected chi connectivity index (χ0v) is 15.9. The number of rotatable bonds is 5. The van der Waals surface area contributed by atoms with Gasteiger partial charge in [-0.1, -0.05) is 0 Å². The lowest BCUT2D eigenvalue weighted by Gasteiger charge is -2.39. The number of fused-ring (bicyclic) bond motifs is 1. The number of hydrogen-bond donors (Lipinski definition) is 8. The molecule has 2 saturated heterocycles. The molecule has 0 aromatic carbocycles. The first-order valence-corrected chi connectivity index (χ1v) is 9.36. The van der Waals surface area contributed by atoms with Gasteiger partial charge in [0.05, 0.1) is 19.5 Å². The normalized spacial score (nSPS) is 38.7. The first-order valence-electron chi connectivity index (χ1n) is 9.36. The molecule has 15 nitrogen and oxygen atoms in total. The summed E-state index contributed by atoms with van der Waals surface area (Å²) in [5.74, 6) is 0. The van der Waals surface area contributed by atoms with E-state index in [0.29, 0.717) is 4.73 Å². The standard InChI is InChI=1S/C16H23N5O10/c17-13-7-14(19-4-21(13)28)20(3-18-7)15-11(26)9(24)6(30-15)2-29-16-12(27)10(25)8(23)5(1-22)31-16/h3-6,8-12,15-17,22-28H,1-2H2/t5-,6-,8-,9-,10+,11-,12-,15-,16?/m1/s1. The maximum Gasteiger partial charge on any atom is 0.192 e. The number of aliphatic hydroxyl groups excluding tert-OH is 6. The summed E-state index contributed by atoms with van der Waals surface area (Å²) in [4.78, 5) is 7.92. The number of hydrogen-bond acceptors (Lipinski definition) is 13. The Morgan fingerprint density at radius 1 is 0.935 bits per heavy atom. The van der Waals surface area contributed by atoms with Crippen molar-refractivity contribution in [2.75, 3.05) is 13.2 Å². The molecule has 2 aromatic heterocycles. The van der Waals surface area contributed by atoms with Crippen molar-refractivity contribution in [1.29, 1.82) is 5.41 Å². The minimum absolute atomic E-state index is 0.0382. The van der Waals surface area contributed by atoms with E-state index in [1.165, 1.54) is 10.9 Å². The molecule has 172 valence electrons. The Labute approximate surface area is 173 Å². The monoisotopic (exact) mass is 445 g/mol. The lowest BCUT2D eigenvalue weighted by Crippen LogP contribution is -2.59. The molecule has 0 aliphatic carbocycles. The van der Waals surface area contributed by atoms with Crippen LogP contribution in [0.15, 0.2) is 12.7 Å². The molecule has 9 atom stereocenters. The Balaban J connectivity index is 1.47. The Bertz CT molecular complexity index is 981. The van der Waals surface area contributed by atoms with E-state index in [1.54, 1.807) is 0 Å². The molecule has 2 aliphatic heterocycles. The van der Waals surface area contributed by atoms with E-state index in [-0.39, 0.29) is 23.3 Å². The second kappa shape index (κ2) is 8.38. The smallest absolute Gasteiger partial charge is 0.192 e. The van der Waals surface area contributed by atoms with Crippen molar-refractivity contribution in [3.8, 4) is 0 Å². The third kappa shape index (κ3) is 3.69. The van der Waals surface area contributed by atoms with Gasteiger partial charge in [0.2, 0.25) is 0 Å². The minimum atomic E-state index is -1.63. The average molecular weight is 445 g/mol. The van der Waals surface area contributed by atoms with E-state index in [2.05, 4.69) is 9.97 Å². The summed E-state index contributed by atoms with van der Waals surface area (Å²) in [6.45, 7) is -1.00. The third-order valence-corrected chi connectivity index (χ3v) is 5.39. The van der Waals surface area contributed by atoms with Crippen LogP contribution in [0.2, 0.25) is 0 Å². The van der Waals surface area contributed by atoms with E-state index in [9.17, 15) is 35.8 Å². The van der Waals surface area contributed by atoms with Gasteiger partial charge in [-0.25, -0.2) is 9.97 Å². The van der Waals surface area contributed by atoms with Crippen molar-refractivity contribution in [2.45, 2.75) is 55.2 Å². The number of imidazole rings is 1. The number of ether oxygens (including phenoxy) is 3. The fourth-order valence-electron chi connectivity index (χ4n) is 3.60.